The van der Waals surface area contributed by atoms with Crippen LogP contribution in [0.4, 0.5) is 5.82 Å². The van der Waals surface area contributed by atoms with Gasteiger partial charge in [0.1, 0.15) is 17.4 Å². The molecule has 3 heterocycles. The number of ether oxygens (including phenoxy) is 1. The summed E-state index contributed by atoms with van der Waals surface area (Å²) in [4.78, 5) is 14.1. The molecule has 0 amide bonds. The fourth-order valence-electron chi connectivity index (χ4n) is 2.81. The maximum absolute atomic E-state index is 5.51. The highest BCUT2D eigenvalue weighted by Gasteiger charge is 2.19. The SMILES string of the molecule is CCOCc1nc2c(c(N[C@@H](C)c3nc(C)cs3)n1)CCNCC2. The third-order valence-electron chi connectivity index (χ3n) is 4.03. The minimum atomic E-state index is 0.124. The molecule has 24 heavy (non-hydrogen) atoms. The fourth-order valence-corrected chi connectivity index (χ4v) is 3.62. The van der Waals surface area contributed by atoms with Gasteiger partial charge in [-0.1, -0.05) is 0 Å². The van der Waals surface area contributed by atoms with Crippen molar-refractivity contribution in [3.05, 3.63) is 33.2 Å². The van der Waals surface area contributed by atoms with Crippen LogP contribution >= 0.6 is 11.3 Å². The number of hydrogen-bond donors (Lipinski definition) is 2. The van der Waals surface area contributed by atoms with E-state index in [0.717, 1.165) is 54.0 Å². The van der Waals surface area contributed by atoms with Crippen LogP contribution in [0.2, 0.25) is 0 Å². The second kappa shape index (κ2) is 8.00. The molecular formula is C17H25N5OS. The summed E-state index contributed by atoms with van der Waals surface area (Å²) < 4.78 is 5.51. The Labute approximate surface area is 147 Å². The van der Waals surface area contributed by atoms with E-state index in [1.54, 1.807) is 11.3 Å². The molecule has 1 aliphatic rings. The van der Waals surface area contributed by atoms with Crippen LogP contribution in [-0.2, 0) is 24.2 Å². The van der Waals surface area contributed by atoms with Crippen molar-refractivity contribution in [3.63, 3.8) is 0 Å². The monoisotopic (exact) mass is 347 g/mol. The van der Waals surface area contributed by atoms with Crippen LogP contribution in [-0.4, -0.2) is 34.6 Å². The molecule has 0 bridgehead atoms. The second-order valence-corrected chi connectivity index (χ2v) is 6.88. The molecule has 0 aliphatic carbocycles. The summed E-state index contributed by atoms with van der Waals surface area (Å²) in [5.41, 5.74) is 3.42. The first-order chi connectivity index (χ1) is 11.7. The molecule has 6 nitrogen and oxygen atoms in total. The number of rotatable bonds is 6. The molecular weight excluding hydrogens is 322 g/mol. The van der Waals surface area contributed by atoms with Gasteiger partial charge in [0, 0.05) is 36.2 Å². The number of aromatic nitrogens is 3. The topological polar surface area (TPSA) is 72.0 Å². The van der Waals surface area contributed by atoms with Crippen molar-refractivity contribution in [2.24, 2.45) is 0 Å². The number of anilines is 1. The summed E-state index contributed by atoms with van der Waals surface area (Å²) in [6.07, 6.45) is 1.87. The van der Waals surface area contributed by atoms with Gasteiger partial charge in [-0.05, 0) is 33.7 Å². The molecule has 0 spiro atoms. The Morgan fingerprint density at radius 2 is 2.12 bits per heavy atom. The Morgan fingerprint density at radius 3 is 2.88 bits per heavy atom. The van der Waals surface area contributed by atoms with Crippen molar-refractivity contribution in [1.82, 2.24) is 20.3 Å². The number of fused-ring (bicyclic) bond motifs is 1. The molecule has 130 valence electrons. The lowest BCUT2D eigenvalue weighted by Gasteiger charge is -2.18. The molecule has 0 saturated carbocycles. The quantitative estimate of drug-likeness (QED) is 0.837. The minimum absolute atomic E-state index is 0.124. The average Bonchev–Trinajstić information content (AvgIpc) is 2.87. The molecule has 2 aromatic heterocycles. The molecule has 2 aromatic rings. The maximum Gasteiger partial charge on any atom is 0.156 e. The number of thiazole rings is 1. The van der Waals surface area contributed by atoms with E-state index in [9.17, 15) is 0 Å². The lowest BCUT2D eigenvalue weighted by Crippen LogP contribution is -2.16. The van der Waals surface area contributed by atoms with E-state index < -0.39 is 0 Å². The van der Waals surface area contributed by atoms with Crippen molar-refractivity contribution in [2.75, 3.05) is 25.0 Å². The highest BCUT2D eigenvalue weighted by atomic mass is 32.1. The molecule has 7 heteroatoms. The van der Waals surface area contributed by atoms with Gasteiger partial charge in [-0.3, -0.25) is 0 Å². The van der Waals surface area contributed by atoms with Gasteiger partial charge in [0.25, 0.3) is 0 Å². The summed E-state index contributed by atoms with van der Waals surface area (Å²) >= 11 is 1.68. The van der Waals surface area contributed by atoms with Gasteiger partial charge in [-0.2, -0.15) is 0 Å². The van der Waals surface area contributed by atoms with Crippen LogP contribution in [0.1, 0.15) is 47.7 Å². The van der Waals surface area contributed by atoms with Gasteiger partial charge >= 0.3 is 0 Å². The van der Waals surface area contributed by atoms with E-state index in [1.165, 1.54) is 5.56 Å². The highest BCUT2D eigenvalue weighted by Crippen LogP contribution is 2.26. The smallest absolute Gasteiger partial charge is 0.156 e. The summed E-state index contributed by atoms with van der Waals surface area (Å²) in [7, 11) is 0. The highest BCUT2D eigenvalue weighted by molar-refractivity contribution is 7.09. The Bertz CT molecular complexity index is 688. The standard InChI is InChI=1S/C17H25N5OS/c1-4-23-9-15-21-14-6-8-18-7-5-13(14)16(22-15)20-12(3)17-19-11(2)10-24-17/h10,12,18H,4-9H2,1-3H3,(H,20,21,22)/t12-/m0/s1. The normalized spacial score (nSPS) is 15.6. The Hall–Kier alpha value is -1.57. The van der Waals surface area contributed by atoms with E-state index in [0.29, 0.717) is 13.2 Å². The molecule has 0 radical (unpaired) electrons. The third-order valence-corrected chi connectivity index (χ3v) is 5.17. The third kappa shape index (κ3) is 4.09. The van der Waals surface area contributed by atoms with Crippen LogP contribution in [0, 0.1) is 6.92 Å². The van der Waals surface area contributed by atoms with Crippen LogP contribution in [0.5, 0.6) is 0 Å². The van der Waals surface area contributed by atoms with Gasteiger partial charge in [0.2, 0.25) is 0 Å². The zero-order chi connectivity index (χ0) is 16.9. The molecule has 0 aromatic carbocycles. The maximum atomic E-state index is 5.51. The lowest BCUT2D eigenvalue weighted by atomic mass is 10.1. The number of aryl methyl sites for hydroxylation is 1. The molecule has 3 rings (SSSR count). The molecule has 1 aliphatic heterocycles. The zero-order valence-corrected chi connectivity index (χ0v) is 15.4. The summed E-state index contributed by atoms with van der Waals surface area (Å²) in [5.74, 6) is 1.68. The minimum Gasteiger partial charge on any atom is -0.374 e. The van der Waals surface area contributed by atoms with Crippen molar-refractivity contribution in [2.45, 2.75) is 46.3 Å². The van der Waals surface area contributed by atoms with Crippen LogP contribution in [0.3, 0.4) is 0 Å². The average molecular weight is 347 g/mol. The number of hydrogen-bond acceptors (Lipinski definition) is 7. The van der Waals surface area contributed by atoms with Gasteiger partial charge in [-0.25, -0.2) is 15.0 Å². The van der Waals surface area contributed by atoms with Gasteiger partial charge in [0.05, 0.1) is 11.7 Å². The first-order valence-corrected chi connectivity index (χ1v) is 9.41. The van der Waals surface area contributed by atoms with Crippen molar-refractivity contribution in [3.8, 4) is 0 Å². The lowest BCUT2D eigenvalue weighted by molar-refractivity contribution is 0.128. The zero-order valence-electron chi connectivity index (χ0n) is 14.6. The summed E-state index contributed by atoms with van der Waals surface area (Å²) in [6, 6.07) is 0.124. The second-order valence-electron chi connectivity index (χ2n) is 5.99. The van der Waals surface area contributed by atoms with Crippen molar-refractivity contribution in [1.29, 1.82) is 0 Å². The predicted octanol–water partition coefficient (Wildman–Crippen LogP) is 2.64. The molecule has 0 unspecified atom stereocenters. The van der Waals surface area contributed by atoms with Gasteiger partial charge in [-0.15, -0.1) is 11.3 Å². The largest absolute Gasteiger partial charge is 0.374 e. The Balaban J connectivity index is 1.88. The predicted molar refractivity (Wildman–Crippen MR) is 96.5 cm³/mol. The van der Waals surface area contributed by atoms with E-state index in [-0.39, 0.29) is 6.04 Å². The Morgan fingerprint density at radius 1 is 1.29 bits per heavy atom. The van der Waals surface area contributed by atoms with E-state index in [4.69, 9.17) is 14.7 Å². The van der Waals surface area contributed by atoms with E-state index in [2.05, 4.69) is 27.9 Å². The summed E-state index contributed by atoms with van der Waals surface area (Å²) in [5, 5.41) is 10.2. The van der Waals surface area contributed by atoms with Gasteiger partial charge in [0.15, 0.2) is 5.82 Å². The van der Waals surface area contributed by atoms with E-state index >= 15 is 0 Å². The van der Waals surface area contributed by atoms with E-state index in [1.807, 2.05) is 13.8 Å². The van der Waals surface area contributed by atoms with Crippen molar-refractivity contribution < 1.29 is 4.74 Å². The number of nitrogens with one attached hydrogen (secondary N) is 2. The van der Waals surface area contributed by atoms with Crippen LogP contribution < -0.4 is 10.6 Å². The van der Waals surface area contributed by atoms with Crippen LogP contribution in [0.15, 0.2) is 5.38 Å². The fraction of sp³-hybridized carbons (Fsp3) is 0.588. The molecule has 0 saturated heterocycles. The van der Waals surface area contributed by atoms with Gasteiger partial charge < -0.3 is 15.4 Å². The molecule has 0 fully saturated rings. The molecule has 1 atom stereocenters. The van der Waals surface area contributed by atoms with Crippen LogP contribution in [0.25, 0.3) is 0 Å². The molecule has 2 N–H and O–H groups in total. The first kappa shape index (κ1) is 17.3. The summed E-state index contributed by atoms with van der Waals surface area (Å²) in [6.45, 7) is 9.17. The first-order valence-electron chi connectivity index (χ1n) is 8.53. The van der Waals surface area contributed by atoms with Crippen molar-refractivity contribution >= 4 is 17.2 Å². The number of nitrogens with zero attached hydrogens (tertiary/aromatic N) is 3. The Kier molecular flexibility index (Phi) is 5.76.